The van der Waals surface area contributed by atoms with Gasteiger partial charge in [-0.1, -0.05) is 40.0 Å². The van der Waals surface area contributed by atoms with E-state index in [-0.39, 0.29) is 11.3 Å². The Morgan fingerprint density at radius 3 is 2.70 bits per heavy atom. The maximum atomic E-state index is 12.2. The fraction of sp³-hybridized carbons (Fsp3) is 0.562. The third-order valence-electron chi connectivity index (χ3n) is 3.42. The van der Waals surface area contributed by atoms with Crippen molar-refractivity contribution in [1.29, 1.82) is 0 Å². The number of carbonyl (C=O) groups is 1. The van der Waals surface area contributed by atoms with Gasteiger partial charge in [0.05, 0.1) is 5.56 Å². The number of hydrogen-bond donors (Lipinski definition) is 2. The number of nitrogens with one attached hydrogen (secondary N) is 1. The van der Waals surface area contributed by atoms with Crippen molar-refractivity contribution in [2.24, 2.45) is 5.41 Å². The van der Waals surface area contributed by atoms with Gasteiger partial charge in [0.15, 0.2) is 0 Å². The van der Waals surface area contributed by atoms with Crippen LogP contribution in [0.5, 0.6) is 0 Å². The molecule has 20 heavy (non-hydrogen) atoms. The summed E-state index contributed by atoms with van der Waals surface area (Å²) in [6.45, 7) is 7.26. The normalized spacial score (nSPS) is 11.4. The molecule has 1 aromatic carbocycles. The quantitative estimate of drug-likeness (QED) is 0.572. The highest BCUT2D eigenvalue weighted by Crippen LogP contribution is 2.24. The van der Waals surface area contributed by atoms with Crippen molar-refractivity contribution in [1.82, 2.24) is 5.32 Å². The van der Waals surface area contributed by atoms with Crippen molar-refractivity contribution in [2.45, 2.75) is 46.5 Å². The molecule has 1 aromatic rings. The molecule has 0 fully saturated rings. The number of anilines is 1. The second-order valence-electron chi connectivity index (χ2n) is 6.04. The molecular formula is C16H25BrN2O. The molecule has 0 atom stereocenters. The van der Waals surface area contributed by atoms with Crippen LogP contribution in [0.25, 0.3) is 0 Å². The van der Waals surface area contributed by atoms with Gasteiger partial charge in [-0.15, -0.1) is 0 Å². The number of rotatable bonds is 7. The highest BCUT2D eigenvalue weighted by molar-refractivity contribution is 9.10. The van der Waals surface area contributed by atoms with Gasteiger partial charge in [-0.2, -0.15) is 0 Å². The second-order valence-corrected chi connectivity index (χ2v) is 6.90. The number of nitrogen functional groups attached to an aromatic ring is 1. The Labute approximate surface area is 130 Å². The van der Waals surface area contributed by atoms with Crippen molar-refractivity contribution in [3.63, 3.8) is 0 Å². The highest BCUT2D eigenvalue weighted by atomic mass is 79.9. The van der Waals surface area contributed by atoms with Crippen LogP contribution in [0.4, 0.5) is 5.69 Å². The standard InChI is InChI=1S/C16H25BrN2O/c1-4-5-6-9-16(2,3)11-19-15(20)13-10-12(18)7-8-14(13)17/h7-8,10H,4-6,9,11,18H2,1-3H3,(H,19,20). The Kier molecular flexibility index (Phi) is 6.53. The number of amides is 1. The van der Waals surface area contributed by atoms with E-state index in [0.29, 0.717) is 17.8 Å². The molecule has 0 aromatic heterocycles. The molecule has 0 aliphatic carbocycles. The SMILES string of the molecule is CCCCCC(C)(C)CNC(=O)c1cc(N)ccc1Br. The van der Waals surface area contributed by atoms with Crippen LogP contribution in [0.15, 0.2) is 22.7 Å². The fourth-order valence-corrected chi connectivity index (χ4v) is 2.50. The molecule has 3 N–H and O–H groups in total. The van der Waals surface area contributed by atoms with E-state index in [2.05, 4.69) is 42.0 Å². The topological polar surface area (TPSA) is 55.1 Å². The Morgan fingerprint density at radius 1 is 1.35 bits per heavy atom. The van der Waals surface area contributed by atoms with Crippen LogP contribution in [0.1, 0.15) is 56.8 Å². The molecule has 0 bridgehead atoms. The highest BCUT2D eigenvalue weighted by Gasteiger charge is 2.19. The van der Waals surface area contributed by atoms with E-state index in [1.165, 1.54) is 19.3 Å². The lowest BCUT2D eigenvalue weighted by molar-refractivity contribution is 0.0933. The smallest absolute Gasteiger partial charge is 0.252 e. The van der Waals surface area contributed by atoms with Crippen molar-refractivity contribution in [3.05, 3.63) is 28.2 Å². The minimum atomic E-state index is -0.0762. The largest absolute Gasteiger partial charge is 0.399 e. The molecule has 0 aliphatic rings. The zero-order valence-corrected chi connectivity index (χ0v) is 14.2. The number of nitrogens with two attached hydrogens (primary N) is 1. The Hall–Kier alpha value is -1.03. The summed E-state index contributed by atoms with van der Waals surface area (Å²) < 4.78 is 0.771. The van der Waals surface area contributed by atoms with E-state index in [0.717, 1.165) is 10.9 Å². The number of hydrogen-bond acceptors (Lipinski definition) is 2. The minimum absolute atomic E-state index is 0.0762. The molecule has 4 heteroatoms. The van der Waals surface area contributed by atoms with Crippen LogP contribution in [0, 0.1) is 5.41 Å². The number of halogens is 1. The van der Waals surface area contributed by atoms with Crippen molar-refractivity contribution >= 4 is 27.5 Å². The third kappa shape index (κ3) is 5.53. The molecular weight excluding hydrogens is 316 g/mol. The lowest BCUT2D eigenvalue weighted by Gasteiger charge is -2.25. The molecule has 0 radical (unpaired) electrons. The first-order valence-electron chi connectivity index (χ1n) is 7.19. The maximum absolute atomic E-state index is 12.2. The van der Waals surface area contributed by atoms with Crippen LogP contribution in [-0.4, -0.2) is 12.5 Å². The van der Waals surface area contributed by atoms with E-state index in [4.69, 9.17) is 5.73 Å². The molecule has 112 valence electrons. The van der Waals surface area contributed by atoms with Crippen LogP contribution < -0.4 is 11.1 Å². The summed E-state index contributed by atoms with van der Waals surface area (Å²) in [6, 6.07) is 5.27. The van der Waals surface area contributed by atoms with Gasteiger partial charge < -0.3 is 11.1 Å². The van der Waals surface area contributed by atoms with Crippen LogP contribution >= 0.6 is 15.9 Å². The molecule has 1 rings (SSSR count). The van der Waals surface area contributed by atoms with Crippen LogP contribution in [-0.2, 0) is 0 Å². The Morgan fingerprint density at radius 2 is 2.05 bits per heavy atom. The first-order chi connectivity index (χ1) is 9.35. The van der Waals surface area contributed by atoms with Gasteiger partial charge in [-0.05, 0) is 46.0 Å². The van der Waals surface area contributed by atoms with E-state index in [1.807, 2.05) is 0 Å². The number of benzene rings is 1. The molecule has 0 unspecified atom stereocenters. The predicted molar refractivity (Wildman–Crippen MR) is 88.8 cm³/mol. The van der Waals surface area contributed by atoms with E-state index in [1.54, 1.807) is 18.2 Å². The lowest BCUT2D eigenvalue weighted by Crippen LogP contribution is -2.34. The van der Waals surface area contributed by atoms with E-state index in [9.17, 15) is 4.79 Å². The van der Waals surface area contributed by atoms with Crippen LogP contribution in [0.3, 0.4) is 0 Å². The lowest BCUT2D eigenvalue weighted by atomic mass is 9.87. The van der Waals surface area contributed by atoms with Gasteiger partial charge in [0.25, 0.3) is 5.91 Å². The molecule has 0 heterocycles. The summed E-state index contributed by atoms with van der Waals surface area (Å²) in [6.07, 6.45) is 4.80. The Balaban J connectivity index is 2.56. The summed E-state index contributed by atoms with van der Waals surface area (Å²) in [5.74, 6) is -0.0762. The molecule has 3 nitrogen and oxygen atoms in total. The van der Waals surface area contributed by atoms with Crippen molar-refractivity contribution < 1.29 is 4.79 Å². The van der Waals surface area contributed by atoms with Gasteiger partial charge in [0, 0.05) is 16.7 Å². The van der Waals surface area contributed by atoms with Crippen LogP contribution in [0.2, 0.25) is 0 Å². The summed E-state index contributed by atoms with van der Waals surface area (Å²) in [5, 5.41) is 3.01. The predicted octanol–water partition coefficient (Wildman–Crippen LogP) is 4.37. The average molecular weight is 341 g/mol. The van der Waals surface area contributed by atoms with Gasteiger partial charge in [0.1, 0.15) is 0 Å². The minimum Gasteiger partial charge on any atom is -0.399 e. The molecule has 0 aliphatic heterocycles. The molecule has 0 saturated carbocycles. The number of unbranched alkanes of at least 4 members (excludes halogenated alkanes) is 2. The van der Waals surface area contributed by atoms with Crippen molar-refractivity contribution in [2.75, 3.05) is 12.3 Å². The maximum Gasteiger partial charge on any atom is 0.252 e. The first-order valence-corrected chi connectivity index (χ1v) is 7.98. The van der Waals surface area contributed by atoms with E-state index < -0.39 is 0 Å². The summed E-state index contributed by atoms with van der Waals surface area (Å²) in [5.41, 5.74) is 7.04. The first kappa shape index (κ1) is 17.0. The Bertz CT molecular complexity index is 458. The zero-order valence-electron chi connectivity index (χ0n) is 12.6. The molecule has 0 spiro atoms. The summed E-state index contributed by atoms with van der Waals surface area (Å²) in [4.78, 5) is 12.2. The van der Waals surface area contributed by atoms with Crippen molar-refractivity contribution in [3.8, 4) is 0 Å². The number of carbonyl (C=O) groups excluding carboxylic acids is 1. The molecule has 1 amide bonds. The average Bonchev–Trinajstić information content (AvgIpc) is 2.39. The molecule has 0 saturated heterocycles. The fourth-order valence-electron chi connectivity index (χ4n) is 2.07. The van der Waals surface area contributed by atoms with Gasteiger partial charge in [0.2, 0.25) is 0 Å². The summed E-state index contributed by atoms with van der Waals surface area (Å²) >= 11 is 3.39. The summed E-state index contributed by atoms with van der Waals surface area (Å²) in [7, 11) is 0. The third-order valence-corrected chi connectivity index (χ3v) is 4.11. The second kappa shape index (κ2) is 7.67. The van der Waals surface area contributed by atoms with E-state index >= 15 is 0 Å². The van der Waals surface area contributed by atoms with Gasteiger partial charge in [-0.25, -0.2) is 0 Å². The van der Waals surface area contributed by atoms with Gasteiger partial charge in [-0.3, -0.25) is 4.79 Å². The monoisotopic (exact) mass is 340 g/mol. The van der Waals surface area contributed by atoms with Gasteiger partial charge >= 0.3 is 0 Å². The zero-order chi connectivity index (χ0) is 15.2.